The van der Waals surface area contributed by atoms with Crippen LogP contribution in [0.15, 0.2) is 30.7 Å². The van der Waals surface area contributed by atoms with Crippen molar-refractivity contribution in [1.82, 2.24) is 14.8 Å². The smallest absolute Gasteiger partial charge is 0.278 e. The number of anilines is 2. The molecule has 0 saturated carbocycles. The summed E-state index contributed by atoms with van der Waals surface area (Å²) in [6.45, 7) is 5.00. The van der Waals surface area contributed by atoms with Crippen molar-refractivity contribution in [2.45, 2.75) is 20.4 Å². The number of nitrogens with two attached hydrogens (primary N) is 1. The number of nitrogen functional groups attached to an aromatic ring is 1. The first-order chi connectivity index (χ1) is 9.19. The Morgan fingerprint density at radius 1 is 1.37 bits per heavy atom. The number of nitrogens with zero attached hydrogens (tertiary/aromatic N) is 4. The lowest BCUT2D eigenvalue weighted by molar-refractivity contribution is 0.0979. The van der Waals surface area contributed by atoms with E-state index in [1.54, 1.807) is 34.1 Å². The van der Waals surface area contributed by atoms with Gasteiger partial charge in [0.05, 0.1) is 11.9 Å². The van der Waals surface area contributed by atoms with Crippen LogP contribution in [0.1, 0.15) is 24.3 Å². The van der Waals surface area contributed by atoms with E-state index in [4.69, 9.17) is 5.73 Å². The van der Waals surface area contributed by atoms with Gasteiger partial charge in [0, 0.05) is 31.2 Å². The molecule has 2 N–H and O–H groups in total. The maximum Gasteiger partial charge on any atom is 0.278 e. The van der Waals surface area contributed by atoms with E-state index < -0.39 is 0 Å². The number of rotatable bonds is 4. The number of hydrogen-bond acceptors (Lipinski definition) is 4. The molecule has 0 aliphatic rings. The van der Waals surface area contributed by atoms with Crippen LogP contribution in [0.3, 0.4) is 0 Å². The van der Waals surface area contributed by atoms with E-state index in [0.717, 1.165) is 5.69 Å². The monoisotopic (exact) mass is 259 g/mol. The van der Waals surface area contributed by atoms with Gasteiger partial charge in [-0.3, -0.25) is 14.5 Å². The summed E-state index contributed by atoms with van der Waals surface area (Å²) >= 11 is 0. The highest BCUT2D eigenvalue weighted by molar-refractivity contribution is 6.08. The summed E-state index contributed by atoms with van der Waals surface area (Å²) in [5.41, 5.74) is 7.48. The second-order valence-electron chi connectivity index (χ2n) is 4.02. The standard InChI is InChI=1S/C13H17N5O/c1-3-17(10-5-7-15-8-6-10)13(19)12-11(14)9-16-18(12)4-2/h5-9H,3-4,14H2,1-2H3. The summed E-state index contributed by atoms with van der Waals surface area (Å²) in [7, 11) is 0. The highest BCUT2D eigenvalue weighted by Gasteiger charge is 2.22. The fourth-order valence-corrected chi connectivity index (χ4v) is 1.97. The molecule has 0 bridgehead atoms. The summed E-state index contributed by atoms with van der Waals surface area (Å²) in [5.74, 6) is -0.148. The van der Waals surface area contributed by atoms with E-state index in [2.05, 4.69) is 10.1 Å². The molecule has 0 fully saturated rings. The van der Waals surface area contributed by atoms with Crippen LogP contribution in [0.4, 0.5) is 11.4 Å². The average molecular weight is 259 g/mol. The molecule has 0 spiro atoms. The number of carbonyl (C=O) groups is 1. The molecule has 0 unspecified atom stereocenters. The predicted molar refractivity (Wildman–Crippen MR) is 73.9 cm³/mol. The maximum atomic E-state index is 12.6. The topological polar surface area (TPSA) is 77.0 Å². The molecule has 2 aromatic rings. The summed E-state index contributed by atoms with van der Waals surface area (Å²) in [6, 6.07) is 3.59. The molecule has 0 saturated heterocycles. The molecule has 6 nitrogen and oxygen atoms in total. The molecular weight excluding hydrogens is 242 g/mol. The number of hydrogen-bond donors (Lipinski definition) is 1. The van der Waals surface area contributed by atoms with Gasteiger partial charge in [-0.15, -0.1) is 0 Å². The minimum Gasteiger partial charge on any atom is -0.396 e. The fourth-order valence-electron chi connectivity index (χ4n) is 1.97. The Balaban J connectivity index is 2.39. The van der Waals surface area contributed by atoms with E-state index in [1.807, 2.05) is 13.8 Å². The van der Waals surface area contributed by atoms with Crippen LogP contribution in [0, 0.1) is 0 Å². The minimum atomic E-state index is -0.148. The van der Waals surface area contributed by atoms with Crippen LogP contribution < -0.4 is 10.6 Å². The second-order valence-corrected chi connectivity index (χ2v) is 4.02. The first-order valence-electron chi connectivity index (χ1n) is 6.22. The number of carbonyl (C=O) groups excluding carboxylic acids is 1. The van der Waals surface area contributed by atoms with Gasteiger partial charge in [-0.2, -0.15) is 5.10 Å². The van der Waals surface area contributed by atoms with Crippen molar-refractivity contribution in [2.24, 2.45) is 0 Å². The molecule has 1 amide bonds. The normalized spacial score (nSPS) is 10.4. The highest BCUT2D eigenvalue weighted by Crippen LogP contribution is 2.19. The SMILES string of the molecule is CCN(C(=O)c1c(N)cnn1CC)c1ccncc1. The van der Waals surface area contributed by atoms with Gasteiger partial charge in [-0.25, -0.2) is 0 Å². The number of pyridine rings is 1. The largest absolute Gasteiger partial charge is 0.396 e. The summed E-state index contributed by atoms with van der Waals surface area (Å²) in [6.07, 6.45) is 4.83. The van der Waals surface area contributed by atoms with Gasteiger partial charge >= 0.3 is 0 Å². The third-order valence-electron chi connectivity index (χ3n) is 2.91. The molecule has 0 radical (unpaired) electrons. The lowest BCUT2D eigenvalue weighted by Gasteiger charge is -2.21. The summed E-state index contributed by atoms with van der Waals surface area (Å²) in [4.78, 5) is 18.2. The van der Waals surface area contributed by atoms with Crippen LogP contribution in [-0.2, 0) is 6.54 Å². The quantitative estimate of drug-likeness (QED) is 0.903. The van der Waals surface area contributed by atoms with Crippen molar-refractivity contribution in [2.75, 3.05) is 17.2 Å². The van der Waals surface area contributed by atoms with Crippen LogP contribution >= 0.6 is 0 Å². The zero-order chi connectivity index (χ0) is 13.8. The summed E-state index contributed by atoms with van der Waals surface area (Å²) in [5, 5.41) is 4.10. The molecule has 2 rings (SSSR count). The lowest BCUT2D eigenvalue weighted by Crippen LogP contribution is -2.33. The lowest BCUT2D eigenvalue weighted by atomic mass is 10.2. The highest BCUT2D eigenvalue weighted by atomic mass is 16.2. The zero-order valence-corrected chi connectivity index (χ0v) is 11.1. The van der Waals surface area contributed by atoms with Gasteiger partial charge in [0.25, 0.3) is 5.91 Å². The predicted octanol–water partition coefficient (Wildman–Crippen LogP) is 1.55. The van der Waals surface area contributed by atoms with E-state index in [0.29, 0.717) is 24.5 Å². The van der Waals surface area contributed by atoms with E-state index >= 15 is 0 Å². The minimum absolute atomic E-state index is 0.148. The van der Waals surface area contributed by atoms with Gasteiger partial charge in [0.1, 0.15) is 5.69 Å². The molecule has 6 heteroatoms. The van der Waals surface area contributed by atoms with Crippen molar-refractivity contribution >= 4 is 17.3 Å². The maximum absolute atomic E-state index is 12.6. The Hall–Kier alpha value is -2.37. The van der Waals surface area contributed by atoms with Crippen LogP contribution in [0.5, 0.6) is 0 Å². The zero-order valence-electron chi connectivity index (χ0n) is 11.1. The molecule has 19 heavy (non-hydrogen) atoms. The van der Waals surface area contributed by atoms with Crippen molar-refractivity contribution in [3.8, 4) is 0 Å². The van der Waals surface area contributed by atoms with Gasteiger partial charge in [0.15, 0.2) is 0 Å². The Morgan fingerprint density at radius 2 is 2.05 bits per heavy atom. The van der Waals surface area contributed by atoms with Crippen molar-refractivity contribution in [3.05, 3.63) is 36.4 Å². The summed E-state index contributed by atoms with van der Waals surface area (Å²) < 4.78 is 1.61. The first kappa shape index (κ1) is 13.1. The van der Waals surface area contributed by atoms with Crippen LogP contribution in [0.2, 0.25) is 0 Å². The Bertz CT molecular complexity index is 564. The van der Waals surface area contributed by atoms with Crippen molar-refractivity contribution in [3.63, 3.8) is 0 Å². The van der Waals surface area contributed by atoms with Crippen LogP contribution in [0.25, 0.3) is 0 Å². The second kappa shape index (κ2) is 5.51. The Kier molecular flexibility index (Phi) is 3.79. The molecule has 0 aromatic carbocycles. The van der Waals surface area contributed by atoms with E-state index in [1.165, 1.54) is 6.20 Å². The Labute approximate surface area is 111 Å². The fraction of sp³-hybridized carbons (Fsp3) is 0.308. The van der Waals surface area contributed by atoms with E-state index in [-0.39, 0.29) is 5.91 Å². The van der Waals surface area contributed by atoms with Gasteiger partial charge in [0.2, 0.25) is 0 Å². The first-order valence-corrected chi connectivity index (χ1v) is 6.22. The molecule has 2 aromatic heterocycles. The van der Waals surface area contributed by atoms with Gasteiger partial charge in [-0.1, -0.05) is 0 Å². The Morgan fingerprint density at radius 3 is 2.63 bits per heavy atom. The van der Waals surface area contributed by atoms with E-state index in [9.17, 15) is 4.79 Å². The molecular formula is C13H17N5O. The number of amides is 1. The number of aromatic nitrogens is 3. The van der Waals surface area contributed by atoms with Gasteiger partial charge in [-0.05, 0) is 26.0 Å². The average Bonchev–Trinajstić information content (AvgIpc) is 2.81. The molecule has 100 valence electrons. The molecule has 0 aliphatic heterocycles. The van der Waals surface area contributed by atoms with Crippen molar-refractivity contribution in [1.29, 1.82) is 0 Å². The molecule has 2 heterocycles. The third-order valence-corrected chi connectivity index (χ3v) is 2.91. The molecule has 0 atom stereocenters. The van der Waals surface area contributed by atoms with Crippen molar-refractivity contribution < 1.29 is 4.79 Å². The number of aryl methyl sites for hydroxylation is 1. The third kappa shape index (κ3) is 2.42. The van der Waals surface area contributed by atoms with Gasteiger partial charge < -0.3 is 10.6 Å². The van der Waals surface area contributed by atoms with Crippen LogP contribution in [-0.4, -0.2) is 27.2 Å². The molecule has 0 aliphatic carbocycles.